The smallest absolute Gasteiger partial charge is 0.260 e. The van der Waals surface area contributed by atoms with Crippen LogP contribution >= 0.6 is 0 Å². The molecule has 3 rings (SSSR count). The van der Waals surface area contributed by atoms with Gasteiger partial charge in [-0.15, -0.1) is 0 Å². The molecule has 0 radical (unpaired) electrons. The molecule has 118 valence electrons. The SMILES string of the molecule is CCOc1ccc(N2CC(=O)N3CCCCN3C(=O)C2)cc1. The summed E-state index contributed by atoms with van der Waals surface area (Å²) >= 11 is 0. The summed E-state index contributed by atoms with van der Waals surface area (Å²) in [5.74, 6) is 0.763. The largest absolute Gasteiger partial charge is 0.494 e. The number of nitrogens with zero attached hydrogens (tertiary/aromatic N) is 3. The van der Waals surface area contributed by atoms with Gasteiger partial charge in [0.2, 0.25) is 0 Å². The number of hydrogen-bond donors (Lipinski definition) is 0. The molecule has 0 saturated carbocycles. The lowest BCUT2D eigenvalue weighted by atomic mass is 10.2. The number of carbonyl (C=O) groups is 2. The van der Waals surface area contributed by atoms with E-state index in [9.17, 15) is 9.59 Å². The van der Waals surface area contributed by atoms with E-state index in [1.54, 1.807) is 10.0 Å². The van der Waals surface area contributed by atoms with Crippen LogP contribution < -0.4 is 9.64 Å². The lowest BCUT2D eigenvalue weighted by molar-refractivity contribution is -0.163. The number of hydrogen-bond acceptors (Lipinski definition) is 4. The third-order valence-corrected chi connectivity index (χ3v) is 4.02. The van der Waals surface area contributed by atoms with E-state index in [1.165, 1.54) is 0 Å². The number of amides is 2. The minimum Gasteiger partial charge on any atom is -0.494 e. The highest BCUT2D eigenvalue weighted by atomic mass is 16.5. The van der Waals surface area contributed by atoms with Gasteiger partial charge in [-0.25, -0.2) is 10.0 Å². The van der Waals surface area contributed by atoms with Crippen LogP contribution in [0.1, 0.15) is 19.8 Å². The molecule has 6 heteroatoms. The summed E-state index contributed by atoms with van der Waals surface area (Å²) in [4.78, 5) is 26.7. The zero-order chi connectivity index (χ0) is 15.5. The van der Waals surface area contributed by atoms with Crippen LogP contribution in [0.15, 0.2) is 24.3 Å². The number of ether oxygens (including phenoxy) is 1. The van der Waals surface area contributed by atoms with Crippen molar-refractivity contribution in [1.29, 1.82) is 0 Å². The summed E-state index contributed by atoms with van der Waals surface area (Å²) in [6.07, 6.45) is 1.91. The maximum atomic E-state index is 12.4. The molecule has 2 amide bonds. The van der Waals surface area contributed by atoms with Crippen LogP contribution in [0, 0.1) is 0 Å². The number of fused-ring (bicyclic) bond motifs is 1. The van der Waals surface area contributed by atoms with Gasteiger partial charge in [0.15, 0.2) is 0 Å². The first-order chi connectivity index (χ1) is 10.7. The second-order valence-electron chi connectivity index (χ2n) is 5.52. The Hall–Kier alpha value is -2.24. The fourth-order valence-corrected chi connectivity index (χ4v) is 2.93. The quantitative estimate of drug-likeness (QED) is 0.844. The van der Waals surface area contributed by atoms with E-state index >= 15 is 0 Å². The van der Waals surface area contributed by atoms with Crippen molar-refractivity contribution in [2.45, 2.75) is 19.8 Å². The summed E-state index contributed by atoms with van der Waals surface area (Å²) in [6.45, 7) is 4.30. The molecule has 1 aromatic carbocycles. The number of benzene rings is 1. The van der Waals surface area contributed by atoms with E-state index in [2.05, 4.69) is 0 Å². The van der Waals surface area contributed by atoms with Crippen molar-refractivity contribution in [2.75, 3.05) is 37.7 Å². The van der Waals surface area contributed by atoms with E-state index in [1.807, 2.05) is 36.1 Å². The minimum absolute atomic E-state index is 0.0144. The summed E-state index contributed by atoms with van der Waals surface area (Å²) < 4.78 is 5.42. The van der Waals surface area contributed by atoms with Crippen molar-refractivity contribution >= 4 is 17.5 Å². The Kier molecular flexibility index (Phi) is 4.18. The van der Waals surface area contributed by atoms with Gasteiger partial charge >= 0.3 is 0 Å². The highest BCUT2D eigenvalue weighted by Gasteiger charge is 2.34. The van der Waals surface area contributed by atoms with Gasteiger partial charge in [0.25, 0.3) is 11.8 Å². The Labute approximate surface area is 130 Å². The first-order valence-electron chi connectivity index (χ1n) is 7.77. The van der Waals surface area contributed by atoms with Crippen molar-refractivity contribution in [1.82, 2.24) is 10.0 Å². The van der Waals surface area contributed by atoms with Crippen LogP contribution in [0.2, 0.25) is 0 Å². The standard InChI is InChI=1S/C16H21N3O3/c1-2-22-14-7-5-13(6-8-14)17-11-15(20)18-9-3-4-10-19(18)16(21)12-17/h5-8H,2-4,9-12H2,1H3. The van der Waals surface area contributed by atoms with Crippen LogP contribution in [0.4, 0.5) is 5.69 Å². The summed E-state index contributed by atoms with van der Waals surface area (Å²) in [5, 5.41) is 3.22. The molecule has 2 fully saturated rings. The molecule has 2 aliphatic rings. The maximum absolute atomic E-state index is 12.4. The number of anilines is 1. The van der Waals surface area contributed by atoms with Crippen LogP contribution in [0.3, 0.4) is 0 Å². The van der Waals surface area contributed by atoms with Crippen molar-refractivity contribution in [2.24, 2.45) is 0 Å². The molecule has 2 aliphatic heterocycles. The van der Waals surface area contributed by atoms with Gasteiger partial charge in [0.1, 0.15) is 5.75 Å². The van der Waals surface area contributed by atoms with Gasteiger partial charge in [0.05, 0.1) is 19.7 Å². The lowest BCUT2D eigenvalue weighted by Gasteiger charge is -2.36. The van der Waals surface area contributed by atoms with Gasteiger partial charge in [-0.3, -0.25) is 9.59 Å². The van der Waals surface area contributed by atoms with E-state index in [-0.39, 0.29) is 24.9 Å². The van der Waals surface area contributed by atoms with E-state index in [0.717, 1.165) is 24.3 Å². The van der Waals surface area contributed by atoms with Crippen LogP contribution in [0.25, 0.3) is 0 Å². The topological polar surface area (TPSA) is 53.1 Å². The first-order valence-corrected chi connectivity index (χ1v) is 7.77. The highest BCUT2D eigenvalue weighted by molar-refractivity contribution is 5.91. The molecule has 0 N–H and O–H groups in total. The molecular formula is C16H21N3O3. The zero-order valence-corrected chi connectivity index (χ0v) is 12.8. The fourth-order valence-electron chi connectivity index (χ4n) is 2.93. The Bertz CT molecular complexity index is 532. The normalized spacial score (nSPS) is 19.0. The van der Waals surface area contributed by atoms with Gasteiger partial charge in [0, 0.05) is 18.8 Å². The van der Waals surface area contributed by atoms with Gasteiger partial charge in [-0.05, 0) is 44.0 Å². The van der Waals surface area contributed by atoms with Crippen molar-refractivity contribution in [3.63, 3.8) is 0 Å². The highest BCUT2D eigenvalue weighted by Crippen LogP contribution is 2.23. The summed E-state index contributed by atoms with van der Waals surface area (Å²) in [7, 11) is 0. The molecular weight excluding hydrogens is 282 g/mol. The van der Waals surface area contributed by atoms with Crippen LogP contribution in [-0.2, 0) is 9.59 Å². The van der Waals surface area contributed by atoms with Crippen molar-refractivity contribution < 1.29 is 14.3 Å². The number of rotatable bonds is 3. The molecule has 22 heavy (non-hydrogen) atoms. The predicted molar refractivity (Wildman–Crippen MR) is 82.5 cm³/mol. The van der Waals surface area contributed by atoms with Gasteiger partial charge in [-0.2, -0.15) is 0 Å². The van der Waals surface area contributed by atoms with Crippen LogP contribution in [-0.4, -0.2) is 54.6 Å². The third kappa shape index (κ3) is 2.86. The van der Waals surface area contributed by atoms with Crippen molar-refractivity contribution in [3.05, 3.63) is 24.3 Å². The first kappa shape index (κ1) is 14.7. The maximum Gasteiger partial charge on any atom is 0.260 e. The summed E-state index contributed by atoms with van der Waals surface area (Å²) in [6, 6.07) is 7.52. The molecule has 6 nitrogen and oxygen atoms in total. The van der Waals surface area contributed by atoms with Gasteiger partial charge in [-0.1, -0.05) is 0 Å². The molecule has 2 heterocycles. The van der Waals surface area contributed by atoms with E-state index < -0.39 is 0 Å². The van der Waals surface area contributed by atoms with Gasteiger partial charge < -0.3 is 9.64 Å². The van der Waals surface area contributed by atoms with E-state index in [0.29, 0.717) is 19.7 Å². The molecule has 2 saturated heterocycles. The third-order valence-electron chi connectivity index (χ3n) is 4.02. The second-order valence-corrected chi connectivity index (χ2v) is 5.52. The second kappa shape index (κ2) is 6.25. The molecule has 0 spiro atoms. The lowest BCUT2D eigenvalue weighted by Crippen LogP contribution is -2.52. The summed E-state index contributed by atoms with van der Waals surface area (Å²) in [5.41, 5.74) is 0.867. The minimum atomic E-state index is -0.0144. The van der Waals surface area contributed by atoms with Crippen LogP contribution in [0.5, 0.6) is 5.75 Å². The Morgan fingerprint density at radius 1 is 0.955 bits per heavy atom. The molecule has 0 bridgehead atoms. The average Bonchev–Trinajstić information content (AvgIpc) is 2.67. The average molecular weight is 303 g/mol. The fraction of sp³-hybridized carbons (Fsp3) is 0.500. The van der Waals surface area contributed by atoms with Crippen molar-refractivity contribution in [3.8, 4) is 5.75 Å². The molecule has 0 atom stereocenters. The molecule has 0 unspecified atom stereocenters. The molecule has 1 aromatic rings. The Morgan fingerprint density at radius 2 is 1.50 bits per heavy atom. The molecule has 0 aliphatic carbocycles. The number of hydrazine groups is 1. The Balaban J connectivity index is 1.79. The monoisotopic (exact) mass is 303 g/mol. The van der Waals surface area contributed by atoms with E-state index in [4.69, 9.17) is 4.74 Å². The number of carbonyl (C=O) groups excluding carboxylic acids is 2. The molecule has 0 aromatic heterocycles. The predicted octanol–water partition coefficient (Wildman–Crippen LogP) is 1.27. The Morgan fingerprint density at radius 3 is 2.00 bits per heavy atom. The zero-order valence-electron chi connectivity index (χ0n) is 12.8.